The van der Waals surface area contributed by atoms with Gasteiger partial charge in [0.25, 0.3) is 0 Å². The number of carbonyl (C=O) groups excluding carboxylic acids is 2. The predicted molar refractivity (Wildman–Crippen MR) is 103 cm³/mol. The zero-order valence-corrected chi connectivity index (χ0v) is 15.3. The molecule has 0 spiro atoms. The molecule has 2 amide bonds. The molecular formula is C19H23N5O3. The highest BCUT2D eigenvalue weighted by atomic mass is 16.5. The number of nitrogens with one attached hydrogen (secondary N) is 3. The molecule has 1 aliphatic heterocycles. The molecule has 1 aromatic carbocycles. The molecule has 0 radical (unpaired) electrons. The van der Waals surface area contributed by atoms with Crippen molar-refractivity contribution in [1.82, 2.24) is 9.97 Å². The van der Waals surface area contributed by atoms with E-state index in [1.165, 1.54) is 7.11 Å². The molecule has 0 aliphatic carbocycles. The van der Waals surface area contributed by atoms with Crippen LogP contribution in [0.3, 0.4) is 0 Å². The largest absolute Gasteiger partial charge is 0.453 e. The van der Waals surface area contributed by atoms with Crippen LogP contribution in [0, 0.1) is 0 Å². The van der Waals surface area contributed by atoms with Crippen LogP contribution in [-0.4, -0.2) is 29.1 Å². The highest BCUT2D eigenvalue weighted by Crippen LogP contribution is 2.31. The molecule has 27 heavy (non-hydrogen) atoms. The van der Waals surface area contributed by atoms with Gasteiger partial charge in [0.05, 0.1) is 24.5 Å². The topological polar surface area (TPSA) is 122 Å². The third kappa shape index (κ3) is 4.53. The Morgan fingerprint density at radius 2 is 2.19 bits per heavy atom. The van der Waals surface area contributed by atoms with Gasteiger partial charge >= 0.3 is 6.09 Å². The van der Waals surface area contributed by atoms with E-state index in [2.05, 4.69) is 25.3 Å². The number of fused-ring (bicyclic) bond motifs is 4. The number of rotatable bonds is 1. The van der Waals surface area contributed by atoms with Gasteiger partial charge in [-0.2, -0.15) is 0 Å². The van der Waals surface area contributed by atoms with E-state index in [1.54, 1.807) is 24.4 Å². The summed E-state index contributed by atoms with van der Waals surface area (Å²) >= 11 is 0. The maximum absolute atomic E-state index is 12.4. The lowest BCUT2D eigenvalue weighted by atomic mass is 10.1. The molecule has 1 aliphatic rings. The predicted octanol–water partition coefficient (Wildman–Crippen LogP) is 3.32. The summed E-state index contributed by atoms with van der Waals surface area (Å²) in [5.74, 6) is 0.570. The number of aromatic amines is 1. The minimum absolute atomic E-state index is 0.112. The van der Waals surface area contributed by atoms with Gasteiger partial charge in [-0.15, -0.1) is 0 Å². The SMILES string of the molecule is COC(=O)Nc1ccc2c(c1)NC(=O)CC/C(C)=C/C[C@H](N)c1nc-2c[nH]1. The number of hydrogen-bond acceptors (Lipinski definition) is 5. The van der Waals surface area contributed by atoms with Crippen LogP contribution in [-0.2, 0) is 9.53 Å². The molecule has 2 heterocycles. The van der Waals surface area contributed by atoms with E-state index in [0.717, 1.165) is 11.1 Å². The normalized spacial score (nSPS) is 19.3. The summed E-state index contributed by atoms with van der Waals surface area (Å²) in [5, 5.41) is 5.52. The van der Waals surface area contributed by atoms with E-state index in [0.29, 0.717) is 42.2 Å². The molecular weight excluding hydrogens is 346 g/mol. The molecule has 0 saturated carbocycles. The van der Waals surface area contributed by atoms with E-state index in [1.807, 2.05) is 13.0 Å². The number of imidazole rings is 1. The Bertz CT molecular complexity index is 887. The average molecular weight is 369 g/mol. The summed E-state index contributed by atoms with van der Waals surface area (Å²) in [6.07, 6.45) is 4.88. The zero-order chi connectivity index (χ0) is 19.4. The molecule has 1 atom stereocenters. The molecule has 8 heteroatoms. The highest BCUT2D eigenvalue weighted by Gasteiger charge is 2.16. The van der Waals surface area contributed by atoms with E-state index < -0.39 is 6.09 Å². The van der Waals surface area contributed by atoms with E-state index in [9.17, 15) is 9.59 Å². The van der Waals surface area contributed by atoms with Crippen LogP contribution in [0.25, 0.3) is 11.3 Å². The van der Waals surface area contributed by atoms with Gasteiger partial charge in [-0.25, -0.2) is 9.78 Å². The first kappa shape index (κ1) is 18.7. The van der Waals surface area contributed by atoms with Crippen LogP contribution < -0.4 is 16.4 Å². The van der Waals surface area contributed by atoms with Crippen LogP contribution in [0.2, 0.25) is 0 Å². The maximum Gasteiger partial charge on any atom is 0.411 e. The van der Waals surface area contributed by atoms with Gasteiger partial charge in [-0.1, -0.05) is 11.6 Å². The monoisotopic (exact) mass is 369 g/mol. The summed E-state index contributed by atoms with van der Waals surface area (Å²) in [5.41, 5.74) is 9.79. The van der Waals surface area contributed by atoms with Gasteiger partial charge in [0.15, 0.2) is 0 Å². The smallest absolute Gasteiger partial charge is 0.411 e. The minimum atomic E-state index is -0.584. The first-order valence-electron chi connectivity index (χ1n) is 8.72. The second-order valence-corrected chi connectivity index (χ2v) is 6.49. The molecule has 3 rings (SSSR count). The first-order valence-corrected chi connectivity index (χ1v) is 8.72. The fraction of sp³-hybridized carbons (Fsp3) is 0.316. The van der Waals surface area contributed by atoms with Crippen molar-refractivity contribution in [3.63, 3.8) is 0 Å². The van der Waals surface area contributed by atoms with Crippen molar-refractivity contribution in [2.24, 2.45) is 5.73 Å². The summed E-state index contributed by atoms with van der Waals surface area (Å²) in [6.45, 7) is 1.99. The Morgan fingerprint density at radius 1 is 1.37 bits per heavy atom. The molecule has 8 nitrogen and oxygen atoms in total. The maximum atomic E-state index is 12.4. The summed E-state index contributed by atoms with van der Waals surface area (Å²) < 4.78 is 4.62. The van der Waals surface area contributed by atoms with E-state index >= 15 is 0 Å². The molecule has 2 aromatic rings. The zero-order valence-electron chi connectivity index (χ0n) is 15.3. The van der Waals surface area contributed by atoms with Gasteiger partial charge in [0, 0.05) is 23.9 Å². The fourth-order valence-electron chi connectivity index (χ4n) is 2.85. The number of benzene rings is 1. The Labute approximate surface area is 157 Å². The van der Waals surface area contributed by atoms with E-state index in [-0.39, 0.29) is 11.9 Å². The van der Waals surface area contributed by atoms with Crippen molar-refractivity contribution in [3.8, 4) is 11.3 Å². The van der Waals surface area contributed by atoms with Gasteiger partial charge in [0.1, 0.15) is 5.82 Å². The van der Waals surface area contributed by atoms with Crippen LogP contribution >= 0.6 is 0 Å². The van der Waals surface area contributed by atoms with Gasteiger partial charge in [-0.3, -0.25) is 10.1 Å². The second-order valence-electron chi connectivity index (χ2n) is 6.49. The van der Waals surface area contributed by atoms with Gasteiger partial charge < -0.3 is 20.8 Å². The Kier molecular flexibility index (Phi) is 5.56. The van der Waals surface area contributed by atoms with Crippen LogP contribution in [0.4, 0.5) is 16.2 Å². The third-order valence-corrected chi connectivity index (χ3v) is 4.42. The molecule has 0 fully saturated rings. The Balaban J connectivity index is 2.01. The molecule has 2 bridgehead atoms. The number of aromatic nitrogens is 2. The number of carbonyl (C=O) groups is 2. The average Bonchev–Trinajstić information content (AvgIpc) is 3.14. The lowest BCUT2D eigenvalue weighted by Crippen LogP contribution is -2.14. The van der Waals surface area contributed by atoms with Crippen molar-refractivity contribution in [3.05, 3.63) is 41.9 Å². The lowest BCUT2D eigenvalue weighted by Gasteiger charge is -2.12. The summed E-state index contributed by atoms with van der Waals surface area (Å²) in [7, 11) is 1.29. The number of H-pyrrole nitrogens is 1. The Hall–Kier alpha value is -3.13. The molecule has 142 valence electrons. The second kappa shape index (κ2) is 8.05. The number of amides is 2. The molecule has 5 N–H and O–H groups in total. The minimum Gasteiger partial charge on any atom is -0.453 e. The molecule has 0 saturated heterocycles. The number of hydrogen-bond donors (Lipinski definition) is 4. The van der Waals surface area contributed by atoms with Crippen LogP contribution in [0.15, 0.2) is 36.0 Å². The number of allylic oxidation sites excluding steroid dienone is 1. The van der Waals surface area contributed by atoms with Crippen molar-refractivity contribution >= 4 is 23.4 Å². The number of anilines is 2. The van der Waals surface area contributed by atoms with Crippen LogP contribution in [0.1, 0.15) is 38.1 Å². The number of nitrogens with two attached hydrogens (primary N) is 1. The fourth-order valence-corrected chi connectivity index (χ4v) is 2.85. The number of methoxy groups -OCH3 is 1. The van der Waals surface area contributed by atoms with Crippen molar-refractivity contribution in [1.29, 1.82) is 0 Å². The Morgan fingerprint density at radius 3 is 2.96 bits per heavy atom. The highest BCUT2D eigenvalue weighted by molar-refractivity contribution is 5.97. The number of nitrogens with zero attached hydrogens (tertiary/aromatic N) is 1. The summed E-state index contributed by atoms with van der Waals surface area (Å²) in [4.78, 5) is 31.6. The first-order chi connectivity index (χ1) is 13.0. The van der Waals surface area contributed by atoms with Crippen molar-refractivity contribution < 1.29 is 14.3 Å². The quantitative estimate of drug-likeness (QED) is 0.574. The van der Waals surface area contributed by atoms with E-state index in [4.69, 9.17) is 5.73 Å². The van der Waals surface area contributed by atoms with Gasteiger partial charge in [0.2, 0.25) is 5.91 Å². The molecule has 1 aromatic heterocycles. The van der Waals surface area contributed by atoms with Gasteiger partial charge in [-0.05, 0) is 38.0 Å². The summed E-state index contributed by atoms with van der Waals surface area (Å²) in [6, 6.07) is 4.94. The lowest BCUT2D eigenvalue weighted by molar-refractivity contribution is -0.116. The van der Waals surface area contributed by atoms with Crippen molar-refractivity contribution in [2.75, 3.05) is 17.7 Å². The van der Waals surface area contributed by atoms with Crippen molar-refractivity contribution in [2.45, 2.75) is 32.2 Å². The molecule has 0 unspecified atom stereocenters. The standard InChI is InChI=1S/C19H23N5O3/c1-11-3-7-14(20)18-21-10-16(24-18)13-6-5-12(22-19(26)27-2)9-15(13)23-17(25)8-4-11/h3,5-6,9-10,14H,4,7-8,20H2,1-2H3,(H,21,24)(H,22,26)(H,23,25)/b11-3+/t14-/m0/s1. The van der Waals surface area contributed by atoms with Crippen LogP contribution in [0.5, 0.6) is 0 Å². The third-order valence-electron chi connectivity index (χ3n) is 4.42. The number of ether oxygens (including phenoxy) is 1.